The van der Waals surface area contributed by atoms with E-state index in [0.29, 0.717) is 17.1 Å². The molecule has 2 aromatic carbocycles. The summed E-state index contributed by atoms with van der Waals surface area (Å²) in [6.45, 7) is 5.60. The quantitative estimate of drug-likeness (QED) is 0.656. The smallest absolute Gasteiger partial charge is 0.348 e. The lowest BCUT2D eigenvalue weighted by Gasteiger charge is -2.14. The van der Waals surface area contributed by atoms with Gasteiger partial charge in [-0.3, -0.25) is 14.2 Å². The molecule has 0 aliphatic rings. The van der Waals surface area contributed by atoms with Gasteiger partial charge in [-0.2, -0.15) is 9.78 Å². The van der Waals surface area contributed by atoms with Gasteiger partial charge in [0.05, 0.1) is 12.2 Å². The Morgan fingerprint density at radius 2 is 1.87 bits per heavy atom. The van der Waals surface area contributed by atoms with Crippen molar-refractivity contribution in [2.45, 2.75) is 39.8 Å². The van der Waals surface area contributed by atoms with Gasteiger partial charge >= 0.3 is 5.69 Å². The number of carbonyl (C=O) groups excluding carboxylic acids is 1. The highest BCUT2D eigenvalue weighted by molar-refractivity contribution is 6.31. The SMILES string of the molecule is CCC(C)NC(=O)c1nn(-c2ccc(C)c(Cl)c2)c(=O)n(Cc2ccccc2)c1=O. The summed E-state index contributed by atoms with van der Waals surface area (Å²) in [7, 11) is 0. The third kappa shape index (κ3) is 4.52. The zero-order chi connectivity index (χ0) is 21.8. The van der Waals surface area contributed by atoms with E-state index in [1.807, 2.05) is 39.0 Å². The van der Waals surface area contributed by atoms with Crippen LogP contribution in [0.3, 0.4) is 0 Å². The number of rotatable bonds is 6. The molecule has 1 atom stereocenters. The van der Waals surface area contributed by atoms with Crippen LogP contribution in [0.1, 0.15) is 41.9 Å². The van der Waals surface area contributed by atoms with Crippen LogP contribution in [-0.2, 0) is 6.54 Å². The number of amides is 1. The molecule has 0 aliphatic heterocycles. The number of carbonyl (C=O) groups is 1. The van der Waals surface area contributed by atoms with E-state index in [4.69, 9.17) is 11.6 Å². The van der Waals surface area contributed by atoms with Crippen LogP contribution in [0.4, 0.5) is 0 Å². The number of aryl methyl sites for hydroxylation is 1. The summed E-state index contributed by atoms with van der Waals surface area (Å²) in [5.74, 6) is -0.622. The van der Waals surface area contributed by atoms with E-state index in [-0.39, 0.29) is 18.3 Å². The van der Waals surface area contributed by atoms with Crippen molar-refractivity contribution in [1.82, 2.24) is 19.7 Å². The molecule has 3 aromatic rings. The van der Waals surface area contributed by atoms with E-state index < -0.39 is 17.2 Å². The van der Waals surface area contributed by atoms with Crippen LogP contribution in [0.5, 0.6) is 0 Å². The maximum Gasteiger partial charge on any atom is 0.352 e. The van der Waals surface area contributed by atoms with Gasteiger partial charge in [0.1, 0.15) is 0 Å². The molecule has 0 spiro atoms. The fourth-order valence-corrected chi connectivity index (χ4v) is 3.01. The number of halogens is 1. The highest BCUT2D eigenvalue weighted by atomic mass is 35.5. The number of hydrogen-bond donors (Lipinski definition) is 1. The second kappa shape index (κ2) is 9.09. The number of hydrogen-bond acceptors (Lipinski definition) is 4. The minimum atomic E-state index is -0.737. The molecule has 0 saturated carbocycles. The predicted octanol–water partition coefficient (Wildman–Crippen LogP) is 2.93. The lowest BCUT2D eigenvalue weighted by molar-refractivity contribution is 0.0929. The number of nitrogens with one attached hydrogen (secondary N) is 1. The molecule has 30 heavy (non-hydrogen) atoms. The van der Waals surface area contributed by atoms with Crippen LogP contribution in [-0.4, -0.2) is 26.3 Å². The van der Waals surface area contributed by atoms with Crippen LogP contribution < -0.4 is 16.6 Å². The molecule has 1 N–H and O–H groups in total. The summed E-state index contributed by atoms with van der Waals surface area (Å²) < 4.78 is 2.06. The Labute approximate surface area is 178 Å². The largest absolute Gasteiger partial charge is 0.352 e. The third-order valence-corrected chi connectivity index (χ3v) is 5.26. The van der Waals surface area contributed by atoms with Crippen LogP contribution in [0.15, 0.2) is 58.1 Å². The molecule has 0 aliphatic carbocycles. The van der Waals surface area contributed by atoms with Crippen LogP contribution >= 0.6 is 11.6 Å². The van der Waals surface area contributed by atoms with Crippen LogP contribution in [0, 0.1) is 6.92 Å². The monoisotopic (exact) mass is 426 g/mol. The van der Waals surface area contributed by atoms with Crippen LogP contribution in [0.2, 0.25) is 5.02 Å². The average molecular weight is 427 g/mol. The molecule has 1 unspecified atom stereocenters. The molecule has 1 amide bonds. The van der Waals surface area contributed by atoms with E-state index in [1.54, 1.807) is 30.3 Å². The van der Waals surface area contributed by atoms with E-state index in [0.717, 1.165) is 20.4 Å². The fraction of sp³-hybridized carbons (Fsp3) is 0.273. The highest BCUT2D eigenvalue weighted by Crippen LogP contribution is 2.18. The molecular formula is C22H23ClN4O3. The summed E-state index contributed by atoms with van der Waals surface area (Å²) in [4.78, 5) is 38.9. The first-order valence-corrected chi connectivity index (χ1v) is 10.0. The minimum Gasteiger partial charge on any atom is -0.348 e. The predicted molar refractivity (Wildman–Crippen MR) is 117 cm³/mol. The fourth-order valence-electron chi connectivity index (χ4n) is 2.84. The molecule has 0 bridgehead atoms. The lowest BCUT2D eigenvalue weighted by Crippen LogP contribution is -2.47. The Bertz CT molecular complexity index is 1190. The van der Waals surface area contributed by atoms with Gasteiger partial charge in [-0.25, -0.2) is 4.79 Å². The molecule has 1 heterocycles. The topological polar surface area (TPSA) is 86.0 Å². The maximum absolute atomic E-state index is 13.1. The number of nitrogens with zero attached hydrogens (tertiary/aromatic N) is 3. The van der Waals surface area contributed by atoms with Gasteiger partial charge in [0, 0.05) is 11.1 Å². The van der Waals surface area contributed by atoms with Crippen molar-refractivity contribution in [3.63, 3.8) is 0 Å². The van der Waals surface area contributed by atoms with Gasteiger partial charge in [0.25, 0.3) is 11.5 Å². The van der Waals surface area contributed by atoms with Crippen molar-refractivity contribution in [3.8, 4) is 5.69 Å². The standard InChI is InChI=1S/C22H23ClN4O3/c1-4-15(3)24-20(28)19-21(29)26(13-16-8-6-5-7-9-16)22(30)27(25-19)17-11-10-14(2)18(23)12-17/h5-12,15H,4,13H2,1-3H3,(H,24,28). The van der Waals surface area contributed by atoms with Gasteiger partial charge in [0.2, 0.25) is 5.69 Å². The van der Waals surface area contributed by atoms with Gasteiger partial charge < -0.3 is 5.32 Å². The van der Waals surface area contributed by atoms with Gasteiger partial charge in [-0.1, -0.05) is 54.9 Å². The highest BCUT2D eigenvalue weighted by Gasteiger charge is 2.21. The van der Waals surface area contributed by atoms with E-state index in [2.05, 4.69) is 10.4 Å². The van der Waals surface area contributed by atoms with Crippen molar-refractivity contribution in [3.05, 3.63) is 91.2 Å². The Morgan fingerprint density at radius 3 is 2.50 bits per heavy atom. The van der Waals surface area contributed by atoms with Crippen molar-refractivity contribution in [2.75, 3.05) is 0 Å². The second-order valence-electron chi connectivity index (χ2n) is 7.14. The maximum atomic E-state index is 13.1. The molecule has 0 radical (unpaired) electrons. The van der Waals surface area contributed by atoms with Gasteiger partial charge in [0.15, 0.2) is 0 Å². The summed E-state index contributed by atoms with van der Waals surface area (Å²) in [6, 6.07) is 13.9. The molecule has 8 heteroatoms. The first kappa shape index (κ1) is 21.5. The zero-order valence-corrected chi connectivity index (χ0v) is 17.8. The van der Waals surface area contributed by atoms with Gasteiger partial charge in [-0.15, -0.1) is 0 Å². The molecule has 1 aromatic heterocycles. The molecule has 156 valence electrons. The normalized spacial score (nSPS) is 11.9. The number of benzene rings is 2. The first-order chi connectivity index (χ1) is 14.3. The van der Waals surface area contributed by atoms with E-state index in [9.17, 15) is 14.4 Å². The van der Waals surface area contributed by atoms with Gasteiger partial charge in [-0.05, 0) is 43.5 Å². The summed E-state index contributed by atoms with van der Waals surface area (Å²) in [5.41, 5.74) is 0.228. The third-order valence-electron chi connectivity index (χ3n) is 4.85. The van der Waals surface area contributed by atoms with E-state index >= 15 is 0 Å². The number of aromatic nitrogens is 3. The molecule has 7 nitrogen and oxygen atoms in total. The van der Waals surface area contributed by atoms with Crippen LogP contribution in [0.25, 0.3) is 5.69 Å². The molecule has 0 saturated heterocycles. The summed E-state index contributed by atoms with van der Waals surface area (Å²) in [5, 5.41) is 7.29. The lowest BCUT2D eigenvalue weighted by atomic mass is 10.2. The Kier molecular flexibility index (Phi) is 6.52. The first-order valence-electron chi connectivity index (χ1n) is 9.67. The summed E-state index contributed by atoms with van der Waals surface area (Å²) >= 11 is 6.22. The minimum absolute atomic E-state index is 0.0181. The van der Waals surface area contributed by atoms with Crippen molar-refractivity contribution in [2.24, 2.45) is 0 Å². The second-order valence-corrected chi connectivity index (χ2v) is 7.54. The van der Waals surface area contributed by atoms with Crippen molar-refractivity contribution in [1.29, 1.82) is 0 Å². The average Bonchev–Trinajstić information content (AvgIpc) is 2.74. The Balaban J connectivity index is 2.21. The van der Waals surface area contributed by atoms with E-state index in [1.165, 1.54) is 0 Å². The zero-order valence-electron chi connectivity index (χ0n) is 17.1. The Morgan fingerprint density at radius 1 is 1.17 bits per heavy atom. The molecule has 0 fully saturated rings. The molecule has 3 rings (SSSR count). The van der Waals surface area contributed by atoms with Crippen molar-refractivity contribution < 1.29 is 4.79 Å². The van der Waals surface area contributed by atoms with Crippen molar-refractivity contribution >= 4 is 17.5 Å². The molecular weight excluding hydrogens is 404 g/mol. The summed E-state index contributed by atoms with van der Waals surface area (Å²) in [6.07, 6.45) is 0.692. The Hall–Kier alpha value is -3.19.